The third-order valence-corrected chi connectivity index (χ3v) is 3.97. The molecule has 0 saturated carbocycles. The molecule has 0 aliphatic rings. The minimum atomic E-state index is -0.160. The molecule has 0 aliphatic heterocycles. The molecule has 5 nitrogen and oxygen atoms in total. The van der Waals surface area contributed by atoms with Gasteiger partial charge in [-0.1, -0.05) is 11.6 Å². The molecule has 20 heavy (non-hydrogen) atoms. The second kappa shape index (κ2) is 7.31. The zero-order chi connectivity index (χ0) is 14.4. The highest BCUT2D eigenvalue weighted by Crippen LogP contribution is 2.21. The van der Waals surface area contributed by atoms with Gasteiger partial charge in [-0.2, -0.15) is 5.10 Å². The van der Waals surface area contributed by atoms with Gasteiger partial charge in [-0.05, 0) is 31.5 Å². The summed E-state index contributed by atoms with van der Waals surface area (Å²) in [5.74, 6) is 0. The van der Waals surface area contributed by atoms with Crippen molar-refractivity contribution < 1.29 is 4.79 Å². The molecule has 7 heteroatoms. The van der Waals surface area contributed by atoms with Gasteiger partial charge in [0.2, 0.25) is 0 Å². The highest BCUT2D eigenvalue weighted by Gasteiger charge is 2.07. The molecule has 2 rings (SSSR count). The Morgan fingerprint density at radius 1 is 1.55 bits per heavy atom. The Hall–Kier alpha value is -1.53. The van der Waals surface area contributed by atoms with Crippen molar-refractivity contribution in [2.24, 2.45) is 0 Å². The number of hydrogen-bond acceptors (Lipinski definition) is 3. The van der Waals surface area contributed by atoms with Gasteiger partial charge >= 0.3 is 6.03 Å². The van der Waals surface area contributed by atoms with E-state index in [1.807, 2.05) is 31.3 Å². The van der Waals surface area contributed by atoms with Crippen LogP contribution in [0, 0.1) is 0 Å². The van der Waals surface area contributed by atoms with Gasteiger partial charge in [0.1, 0.15) is 0 Å². The van der Waals surface area contributed by atoms with Gasteiger partial charge in [0.05, 0.1) is 10.9 Å². The summed E-state index contributed by atoms with van der Waals surface area (Å²) < 4.78 is 2.57. The summed E-state index contributed by atoms with van der Waals surface area (Å²) in [5, 5.41) is 9.81. The average molecular weight is 313 g/mol. The van der Waals surface area contributed by atoms with Crippen LogP contribution < -0.4 is 10.6 Å². The summed E-state index contributed by atoms with van der Waals surface area (Å²) in [4.78, 5) is 12.9. The Kier molecular flexibility index (Phi) is 5.43. The average Bonchev–Trinajstić information content (AvgIpc) is 3.01. The van der Waals surface area contributed by atoms with Crippen LogP contribution in [0.2, 0.25) is 4.34 Å². The Morgan fingerprint density at radius 3 is 3.05 bits per heavy atom. The Labute approximate surface area is 126 Å². The number of hydrogen-bond donors (Lipinski definition) is 2. The van der Waals surface area contributed by atoms with Crippen molar-refractivity contribution in [3.63, 3.8) is 0 Å². The van der Waals surface area contributed by atoms with Crippen molar-refractivity contribution in [1.82, 2.24) is 20.4 Å². The lowest BCUT2D eigenvalue weighted by Gasteiger charge is -2.14. The molecule has 0 unspecified atom stereocenters. The summed E-state index contributed by atoms with van der Waals surface area (Å²) in [5.41, 5.74) is 0. The maximum absolute atomic E-state index is 11.7. The lowest BCUT2D eigenvalue weighted by molar-refractivity contribution is 0.236. The van der Waals surface area contributed by atoms with Crippen molar-refractivity contribution in [2.45, 2.75) is 25.9 Å². The quantitative estimate of drug-likeness (QED) is 0.861. The summed E-state index contributed by atoms with van der Waals surface area (Å²) in [6.45, 7) is 3.19. The van der Waals surface area contributed by atoms with Crippen LogP contribution in [0.1, 0.15) is 11.8 Å². The molecule has 0 saturated heterocycles. The number of nitrogens with zero attached hydrogens (tertiary/aromatic N) is 2. The third kappa shape index (κ3) is 4.86. The van der Waals surface area contributed by atoms with E-state index in [9.17, 15) is 4.79 Å². The number of thiophene rings is 1. The monoisotopic (exact) mass is 312 g/mol. The van der Waals surface area contributed by atoms with Gasteiger partial charge in [0, 0.05) is 29.9 Å². The summed E-state index contributed by atoms with van der Waals surface area (Å²) >= 11 is 7.39. The molecule has 0 fully saturated rings. The lowest BCUT2D eigenvalue weighted by Crippen LogP contribution is -2.43. The highest BCUT2D eigenvalue weighted by molar-refractivity contribution is 7.16. The maximum atomic E-state index is 11.7. The van der Waals surface area contributed by atoms with Gasteiger partial charge in [-0.25, -0.2) is 4.79 Å². The summed E-state index contributed by atoms with van der Waals surface area (Å²) in [7, 11) is 0. The van der Waals surface area contributed by atoms with E-state index in [1.54, 1.807) is 10.9 Å². The lowest BCUT2D eigenvalue weighted by atomic mass is 10.3. The molecule has 2 amide bonds. The molecule has 2 heterocycles. The van der Waals surface area contributed by atoms with Crippen molar-refractivity contribution >= 4 is 29.0 Å². The van der Waals surface area contributed by atoms with Crippen molar-refractivity contribution in [1.29, 1.82) is 0 Å². The first-order valence-electron chi connectivity index (χ1n) is 6.39. The number of urea groups is 1. The van der Waals surface area contributed by atoms with Gasteiger partial charge in [0.15, 0.2) is 0 Å². The molecular weight excluding hydrogens is 296 g/mol. The van der Waals surface area contributed by atoms with Crippen LogP contribution in [0.4, 0.5) is 4.79 Å². The van der Waals surface area contributed by atoms with E-state index < -0.39 is 0 Å². The Balaban J connectivity index is 1.64. The molecule has 2 aromatic heterocycles. The fourth-order valence-electron chi connectivity index (χ4n) is 1.79. The standard InChI is InChI=1S/C13H17ClN4OS/c1-10(9-18-8-2-6-16-18)17-13(19)15-7-5-11-3-4-12(14)20-11/h2-4,6,8,10H,5,7,9H2,1H3,(H2,15,17,19)/t10-/m0/s1. The highest BCUT2D eigenvalue weighted by atomic mass is 35.5. The number of carbonyl (C=O) groups is 1. The molecule has 1 atom stereocenters. The number of amides is 2. The van der Waals surface area contributed by atoms with E-state index in [0.717, 1.165) is 10.8 Å². The topological polar surface area (TPSA) is 59.0 Å². The first-order valence-corrected chi connectivity index (χ1v) is 7.59. The molecule has 108 valence electrons. The SMILES string of the molecule is C[C@@H](Cn1cccn1)NC(=O)NCCc1ccc(Cl)s1. The minimum Gasteiger partial charge on any atom is -0.338 e. The summed E-state index contributed by atoms with van der Waals surface area (Å²) in [6, 6.07) is 5.57. The fraction of sp³-hybridized carbons (Fsp3) is 0.385. The summed E-state index contributed by atoms with van der Waals surface area (Å²) in [6.07, 6.45) is 4.38. The van der Waals surface area contributed by atoms with Gasteiger partial charge in [0.25, 0.3) is 0 Å². The van der Waals surface area contributed by atoms with Gasteiger partial charge in [-0.3, -0.25) is 4.68 Å². The second-order valence-corrected chi connectivity index (χ2v) is 6.28. The van der Waals surface area contributed by atoms with Gasteiger partial charge in [-0.15, -0.1) is 11.3 Å². The largest absolute Gasteiger partial charge is 0.338 e. The van der Waals surface area contributed by atoms with Crippen LogP contribution in [0.5, 0.6) is 0 Å². The minimum absolute atomic E-state index is 0.0195. The zero-order valence-electron chi connectivity index (χ0n) is 11.2. The molecule has 0 bridgehead atoms. The number of aromatic nitrogens is 2. The normalized spacial score (nSPS) is 12.1. The molecule has 0 spiro atoms. The van der Waals surface area contributed by atoms with Crippen molar-refractivity contribution in [3.8, 4) is 0 Å². The number of halogens is 1. The predicted molar refractivity (Wildman–Crippen MR) is 81.3 cm³/mol. The molecular formula is C13H17ClN4OS. The number of carbonyl (C=O) groups excluding carboxylic acids is 1. The Morgan fingerprint density at radius 2 is 2.40 bits per heavy atom. The van der Waals surface area contributed by atoms with E-state index in [4.69, 9.17) is 11.6 Å². The van der Waals surface area contributed by atoms with E-state index in [2.05, 4.69) is 15.7 Å². The van der Waals surface area contributed by atoms with E-state index >= 15 is 0 Å². The first-order chi connectivity index (χ1) is 9.63. The second-order valence-electron chi connectivity index (χ2n) is 4.49. The van der Waals surface area contributed by atoms with E-state index in [1.165, 1.54) is 16.2 Å². The van der Waals surface area contributed by atoms with Crippen LogP contribution in [0.15, 0.2) is 30.6 Å². The molecule has 2 N–H and O–H groups in total. The maximum Gasteiger partial charge on any atom is 0.315 e. The van der Waals surface area contributed by atoms with Crippen LogP contribution in [-0.2, 0) is 13.0 Å². The van der Waals surface area contributed by atoms with Crippen LogP contribution in [0.25, 0.3) is 0 Å². The fourth-order valence-corrected chi connectivity index (χ4v) is 2.88. The number of nitrogens with one attached hydrogen (secondary N) is 2. The van der Waals surface area contributed by atoms with Crippen molar-refractivity contribution in [3.05, 3.63) is 39.8 Å². The smallest absolute Gasteiger partial charge is 0.315 e. The van der Waals surface area contributed by atoms with Gasteiger partial charge < -0.3 is 10.6 Å². The molecule has 0 aliphatic carbocycles. The van der Waals surface area contributed by atoms with E-state index in [-0.39, 0.29) is 12.1 Å². The van der Waals surface area contributed by atoms with E-state index in [0.29, 0.717) is 13.1 Å². The molecule has 0 radical (unpaired) electrons. The van der Waals surface area contributed by atoms with Crippen LogP contribution in [0.3, 0.4) is 0 Å². The first kappa shape index (κ1) is 14.9. The van der Waals surface area contributed by atoms with Crippen molar-refractivity contribution in [2.75, 3.05) is 6.54 Å². The zero-order valence-corrected chi connectivity index (χ0v) is 12.7. The molecule has 2 aromatic rings. The number of rotatable bonds is 6. The molecule has 0 aromatic carbocycles. The Bertz CT molecular complexity index is 540. The van der Waals surface area contributed by atoms with Crippen LogP contribution in [-0.4, -0.2) is 28.4 Å². The predicted octanol–water partition coefficient (Wildman–Crippen LogP) is 2.53. The third-order valence-electron chi connectivity index (χ3n) is 2.68. The van der Waals surface area contributed by atoms with Crippen LogP contribution >= 0.6 is 22.9 Å².